The molecule has 29 heavy (non-hydrogen) atoms. The summed E-state index contributed by atoms with van der Waals surface area (Å²) in [6.45, 7) is 0. The zero-order valence-corrected chi connectivity index (χ0v) is 17.7. The van der Waals surface area contributed by atoms with Crippen molar-refractivity contribution in [2.75, 3.05) is 21.2 Å². The summed E-state index contributed by atoms with van der Waals surface area (Å²) in [7, 11) is 5.14. The molecule has 148 valence electrons. The van der Waals surface area contributed by atoms with Crippen LogP contribution >= 0.6 is 15.9 Å². The highest BCUT2D eigenvalue weighted by atomic mass is 79.9. The number of fused-ring (bicyclic) bond motifs is 3. The minimum absolute atomic E-state index is 0.190. The minimum atomic E-state index is -1.01. The third-order valence-corrected chi connectivity index (χ3v) is 5.46. The van der Waals surface area contributed by atoms with Crippen LogP contribution in [0.3, 0.4) is 0 Å². The van der Waals surface area contributed by atoms with Gasteiger partial charge in [-0.15, -0.1) is 10.2 Å². The maximum absolute atomic E-state index is 12.5. The third-order valence-electron chi connectivity index (χ3n) is 4.96. The SMILES string of the molecule is COC(=O)Cc1ccc(C2(N(C)C)N=Nc3nc(=O)c4cc(Br)ccc4n32)cc1. The molecule has 9 heteroatoms. The lowest BCUT2D eigenvalue weighted by atomic mass is 10.0. The molecule has 1 aliphatic heterocycles. The van der Waals surface area contributed by atoms with E-state index in [0.717, 1.165) is 15.6 Å². The van der Waals surface area contributed by atoms with E-state index in [1.165, 1.54) is 7.11 Å². The van der Waals surface area contributed by atoms with Crippen molar-refractivity contribution in [2.24, 2.45) is 10.2 Å². The van der Waals surface area contributed by atoms with Gasteiger partial charge in [-0.3, -0.25) is 19.1 Å². The van der Waals surface area contributed by atoms with Gasteiger partial charge in [0.15, 0.2) is 0 Å². The maximum Gasteiger partial charge on any atom is 0.309 e. The number of carbonyl (C=O) groups excluding carboxylic acids is 1. The molecular formula is C20H18BrN5O3. The van der Waals surface area contributed by atoms with Crippen molar-refractivity contribution < 1.29 is 9.53 Å². The van der Waals surface area contributed by atoms with Crippen LogP contribution in [0.1, 0.15) is 11.1 Å². The van der Waals surface area contributed by atoms with Crippen LogP contribution in [0, 0.1) is 0 Å². The standard InChI is InChI=1S/C20H18BrN5O3/c1-25(2)20(13-6-4-12(5-7-13)10-17(27)29-3)24-23-19-22-18(28)15-11-14(21)8-9-16(15)26(19)20/h4-9,11H,10H2,1-3H3. The van der Waals surface area contributed by atoms with Gasteiger partial charge in [0.2, 0.25) is 5.79 Å². The van der Waals surface area contributed by atoms with Gasteiger partial charge in [-0.2, -0.15) is 4.98 Å². The monoisotopic (exact) mass is 455 g/mol. The first-order chi connectivity index (χ1) is 13.9. The molecule has 1 unspecified atom stereocenters. The molecule has 1 aliphatic rings. The largest absolute Gasteiger partial charge is 0.469 e. The Morgan fingerprint density at radius 1 is 1.21 bits per heavy atom. The van der Waals surface area contributed by atoms with Gasteiger partial charge in [0.05, 0.1) is 24.4 Å². The number of carbonyl (C=O) groups is 1. The van der Waals surface area contributed by atoms with Gasteiger partial charge < -0.3 is 4.74 Å². The second kappa shape index (κ2) is 7.16. The van der Waals surface area contributed by atoms with Crippen LogP contribution < -0.4 is 5.56 Å². The molecule has 8 nitrogen and oxygen atoms in total. The topological polar surface area (TPSA) is 89.2 Å². The molecule has 0 radical (unpaired) electrons. The predicted molar refractivity (Wildman–Crippen MR) is 111 cm³/mol. The van der Waals surface area contributed by atoms with Crippen molar-refractivity contribution in [3.8, 4) is 0 Å². The number of aromatic nitrogens is 2. The van der Waals surface area contributed by atoms with Gasteiger partial charge in [0.1, 0.15) is 0 Å². The first-order valence-corrected chi connectivity index (χ1v) is 9.65. The highest BCUT2D eigenvalue weighted by Crippen LogP contribution is 2.41. The van der Waals surface area contributed by atoms with E-state index in [1.54, 1.807) is 6.07 Å². The van der Waals surface area contributed by atoms with Gasteiger partial charge in [-0.05, 0) is 37.9 Å². The zero-order chi connectivity index (χ0) is 20.8. The Kier molecular flexibility index (Phi) is 4.79. The fourth-order valence-electron chi connectivity index (χ4n) is 3.54. The normalized spacial score (nSPS) is 17.7. The average Bonchev–Trinajstić information content (AvgIpc) is 3.09. The molecule has 0 spiro atoms. The molecule has 2 heterocycles. The van der Waals surface area contributed by atoms with E-state index < -0.39 is 5.79 Å². The van der Waals surface area contributed by atoms with Crippen molar-refractivity contribution in [1.29, 1.82) is 0 Å². The smallest absolute Gasteiger partial charge is 0.309 e. The fraction of sp³-hybridized carbons (Fsp3) is 0.250. The first-order valence-electron chi connectivity index (χ1n) is 8.86. The molecule has 0 fully saturated rings. The molecular weight excluding hydrogens is 438 g/mol. The molecule has 2 aromatic carbocycles. The maximum atomic E-state index is 12.5. The van der Waals surface area contributed by atoms with Gasteiger partial charge in [0.25, 0.3) is 11.5 Å². The Morgan fingerprint density at radius 3 is 2.59 bits per heavy atom. The van der Waals surface area contributed by atoms with E-state index in [1.807, 2.05) is 60.0 Å². The Bertz CT molecular complexity index is 1200. The molecule has 4 rings (SSSR count). The molecule has 0 amide bonds. The highest BCUT2D eigenvalue weighted by Gasteiger charge is 2.43. The lowest BCUT2D eigenvalue weighted by molar-refractivity contribution is -0.139. The second-order valence-electron chi connectivity index (χ2n) is 6.89. The summed E-state index contributed by atoms with van der Waals surface area (Å²) in [6, 6.07) is 13.0. The van der Waals surface area contributed by atoms with Crippen LogP contribution in [0.2, 0.25) is 0 Å². The number of esters is 1. The van der Waals surface area contributed by atoms with Crippen LogP contribution in [0.4, 0.5) is 5.95 Å². The van der Waals surface area contributed by atoms with E-state index in [0.29, 0.717) is 10.9 Å². The van der Waals surface area contributed by atoms with E-state index in [4.69, 9.17) is 4.74 Å². The summed E-state index contributed by atoms with van der Waals surface area (Å²) in [4.78, 5) is 30.1. The highest BCUT2D eigenvalue weighted by molar-refractivity contribution is 9.10. The first kappa shape index (κ1) is 19.4. The van der Waals surface area contributed by atoms with Gasteiger partial charge in [0, 0.05) is 10.0 Å². The molecule has 0 bridgehead atoms. The Labute approximate surface area is 175 Å². The van der Waals surface area contributed by atoms with Gasteiger partial charge in [-0.1, -0.05) is 40.2 Å². The molecule has 0 aliphatic carbocycles. The van der Waals surface area contributed by atoms with Crippen molar-refractivity contribution in [3.63, 3.8) is 0 Å². The molecule has 3 aromatic rings. The zero-order valence-electron chi connectivity index (χ0n) is 16.1. The molecule has 0 saturated heterocycles. The average molecular weight is 456 g/mol. The number of halogens is 1. The molecule has 0 N–H and O–H groups in total. The summed E-state index contributed by atoms with van der Waals surface area (Å²) in [5.74, 6) is -1.06. The second-order valence-corrected chi connectivity index (χ2v) is 7.81. The van der Waals surface area contributed by atoms with E-state index >= 15 is 0 Å². The Hall–Kier alpha value is -2.91. The number of nitrogens with zero attached hydrogens (tertiary/aromatic N) is 5. The van der Waals surface area contributed by atoms with Crippen molar-refractivity contribution in [2.45, 2.75) is 12.2 Å². The quantitative estimate of drug-likeness (QED) is 0.563. The lowest BCUT2D eigenvalue weighted by Gasteiger charge is -2.35. The Balaban J connectivity index is 1.92. The van der Waals surface area contributed by atoms with E-state index in [9.17, 15) is 9.59 Å². The van der Waals surface area contributed by atoms with Crippen molar-refractivity contribution in [3.05, 3.63) is 68.4 Å². The summed E-state index contributed by atoms with van der Waals surface area (Å²) in [5.41, 5.74) is 1.99. The number of hydrogen-bond donors (Lipinski definition) is 0. The van der Waals surface area contributed by atoms with Crippen LogP contribution in [-0.2, 0) is 21.7 Å². The van der Waals surface area contributed by atoms with Gasteiger partial charge >= 0.3 is 5.97 Å². The summed E-state index contributed by atoms with van der Waals surface area (Å²) >= 11 is 3.41. The number of azo groups is 1. The summed E-state index contributed by atoms with van der Waals surface area (Å²) < 4.78 is 7.37. The minimum Gasteiger partial charge on any atom is -0.469 e. The number of methoxy groups -OCH3 is 1. The molecule has 1 atom stereocenters. The predicted octanol–water partition coefficient (Wildman–Crippen LogP) is 3.19. The van der Waals surface area contributed by atoms with Gasteiger partial charge in [-0.25, -0.2) is 0 Å². The van der Waals surface area contributed by atoms with Crippen molar-refractivity contribution >= 4 is 38.8 Å². The Morgan fingerprint density at radius 2 is 1.93 bits per heavy atom. The lowest BCUT2D eigenvalue weighted by Crippen LogP contribution is -2.45. The fourth-order valence-corrected chi connectivity index (χ4v) is 3.90. The number of rotatable bonds is 4. The molecule has 1 aromatic heterocycles. The van der Waals surface area contributed by atoms with Crippen LogP contribution in [-0.4, -0.2) is 41.6 Å². The van der Waals surface area contributed by atoms with Crippen LogP contribution in [0.15, 0.2) is 62.0 Å². The van der Waals surface area contributed by atoms with Crippen LogP contribution in [0.25, 0.3) is 10.9 Å². The van der Waals surface area contributed by atoms with Crippen LogP contribution in [0.5, 0.6) is 0 Å². The van der Waals surface area contributed by atoms with Crippen molar-refractivity contribution in [1.82, 2.24) is 14.5 Å². The number of benzene rings is 2. The molecule has 0 saturated carbocycles. The third kappa shape index (κ3) is 3.06. The number of hydrogen-bond acceptors (Lipinski definition) is 7. The van der Waals surface area contributed by atoms with E-state index in [-0.39, 0.29) is 23.9 Å². The van der Waals surface area contributed by atoms with E-state index in [2.05, 4.69) is 31.1 Å². The summed E-state index contributed by atoms with van der Waals surface area (Å²) in [5, 5.41) is 9.23. The summed E-state index contributed by atoms with van der Waals surface area (Å²) in [6.07, 6.45) is 0.190. The number of ether oxygens (including phenoxy) is 1.